The molecule has 0 aliphatic rings. The molecule has 0 aliphatic heterocycles. The summed E-state index contributed by atoms with van der Waals surface area (Å²) >= 11 is 3.27. The molecule has 0 fully saturated rings. The molecule has 4 nitrogen and oxygen atoms in total. The molecule has 0 bridgehead atoms. The first-order valence-electron chi connectivity index (χ1n) is 5.83. The highest BCUT2D eigenvalue weighted by Gasteiger charge is 2.09. The predicted octanol–water partition coefficient (Wildman–Crippen LogP) is 3.38. The van der Waals surface area contributed by atoms with Gasteiger partial charge in [-0.25, -0.2) is 14.2 Å². The minimum absolute atomic E-state index is 0.231. The van der Waals surface area contributed by atoms with Gasteiger partial charge in [0.25, 0.3) is 0 Å². The van der Waals surface area contributed by atoms with Gasteiger partial charge in [-0.05, 0) is 46.3 Å². The van der Waals surface area contributed by atoms with Gasteiger partial charge in [0.2, 0.25) is 0 Å². The first-order valence-corrected chi connectivity index (χ1v) is 6.62. The van der Waals surface area contributed by atoms with E-state index in [1.165, 1.54) is 25.3 Å². The maximum absolute atomic E-state index is 13.7. The number of nitrogens with one attached hydrogen (secondary N) is 1. The minimum Gasteiger partial charge on any atom is -0.465 e. The summed E-state index contributed by atoms with van der Waals surface area (Å²) in [6.07, 6.45) is 0. The summed E-state index contributed by atoms with van der Waals surface area (Å²) in [5, 5.41) is 2.91. The Bertz CT molecular complexity index is 634. The van der Waals surface area contributed by atoms with Crippen LogP contribution in [0.5, 0.6) is 0 Å². The summed E-state index contributed by atoms with van der Waals surface area (Å²) in [5.74, 6) is -0.943. The summed E-state index contributed by atoms with van der Waals surface area (Å²) in [7, 11) is 1.28. The zero-order valence-electron chi connectivity index (χ0n) is 10.7. The molecule has 0 amide bonds. The molecule has 0 saturated carbocycles. The van der Waals surface area contributed by atoms with Crippen LogP contribution >= 0.6 is 15.9 Å². The lowest BCUT2D eigenvalue weighted by atomic mass is 10.2. The molecule has 0 atom stereocenters. The van der Waals surface area contributed by atoms with Gasteiger partial charge in [-0.1, -0.05) is 6.07 Å². The van der Waals surface area contributed by atoms with Gasteiger partial charge in [0.1, 0.15) is 10.4 Å². The van der Waals surface area contributed by atoms with Crippen LogP contribution in [0.2, 0.25) is 0 Å². The summed E-state index contributed by atoms with van der Waals surface area (Å²) in [6, 6.07) is 9.49. The van der Waals surface area contributed by atoms with Gasteiger partial charge in [-0.2, -0.15) is 0 Å². The molecular weight excluding hydrogens is 327 g/mol. The number of methoxy groups -OCH3 is 1. The molecule has 1 N–H and O–H groups in total. The Morgan fingerprint density at radius 2 is 2.20 bits per heavy atom. The van der Waals surface area contributed by atoms with Gasteiger partial charge >= 0.3 is 5.97 Å². The standard InChI is InChI=1S/C14H12BrFN2O2/c1-20-14(19)9-5-6-11(16)12(7-9)17-8-10-3-2-4-13(15)18-10/h2-7,17H,8H2,1H3. The second-order valence-electron chi connectivity index (χ2n) is 3.99. The first kappa shape index (κ1) is 14.5. The van der Waals surface area contributed by atoms with Crippen LogP contribution in [0, 0.1) is 5.82 Å². The summed E-state index contributed by atoms with van der Waals surface area (Å²) in [4.78, 5) is 15.6. The Morgan fingerprint density at radius 1 is 1.40 bits per heavy atom. The zero-order valence-corrected chi connectivity index (χ0v) is 12.3. The van der Waals surface area contributed by atoms with E-state index in [-0.39, 0.29) is 5.69 Å². The zero-order chi connectivity index (χ0) is 14.5. The van der Waals surface area contributed by atoms with E-state index < -0.39 is 11.8 Å². The van der Waals surface area contributed by atoms with Crippen molar-refractivity contribution in [3.05, 3.63) is 58.1 Å². The average Bonchev–Trinajstić information content (AvgIpc) is 2.45. The Labute approximate surface area is 124 Å². The summed E-state index contributed by atoms with van der Waals surface area (Å²) in [6.45, 7) is 0.348. The second kappa shape index (κ2) is 6.47. The maximum Gasteiger partial charge on any atom is 0.337 e. The van der Waals surface area contributed by atoms with E-state index >= 15 is 0 Å². The normalized spacial score (nSPS) is 10.2. The van der Waals surface area contributed by atoms with Crippen LogP contribution in [-0.4, -0.2) is 18.1 Å². The number of hydrogen-bond acceptors (Lipinski definition) is 4. The molecule has 1 heterocycles. The number of esters is 1. The smallest absolute Gasteiger partial charge is 0.337 e. The molecule has 2 aromatic rings. The van der Waals surface area contributed by atoms with Crippen molar-refractivity contribution in [2.24, 2.45) is 0 Å². The van der Waals surface area contributed by atoms with Gasteiger partial charge in [0, 0.05) is 0 Å². The molecule has 104 valence electrons. The lowest BCUT2D eigenvalue weighted by molar-refractivity contribution is 0.0600. The van der Waals surface area contributed by atoms with Gasteiger partial charge in [-0.3, -0.25) is 0 Å². The molecule has 20 heavy (non-hydrogen) atoms. The van der Waals surface area contributed by atoms with Crippen molar-refractivity contribution in [3.8, 4) is 0 Å². The fraction of sp³-hybridized carbons (Fsp3) is 0.143. The molecule has 0 unspecified atom stereocenters. The monoisotopic (exact) mass is 338 g/mol. The van der Waals surface area contributed by atoms with Crippen LogP contribution in [-0.2, 0) is 11.3 Å². The number of anilines is 1. The largest absolute Gasteiger partial charge is 0.465 e. The number of aromatic nitrogens is 1. The van der Waals surface area contributed by atoms with Crippen molar-refractivity contribution < 1.29 is 13.9 Å². The van der Waals surface area contributed by atoms with Crippen LogP contribution < -0.4 is 5.32 Å². The number of pyridine rings is 1. The van der Waals surface area contributed by atoms with E-state index in [2.05, 4.69) is 31.0 Å². The van der Waals surface area contributed by atoms with Crippen LogP contribution in [0.15, 0.2) is 41.0 Å². The average molecular weight is 339 g/mol. The van der Waals surface area contributed by atoms with Crippen molar-refractivity contribution >= 4 is 27.6 Å². The Balaban J connectivity index is 2.14. The fourth-order valence-corrected chi connectivity index (χ4v) is 2.02. The maximum atomic E-state index is 13.7. The molecular formula is C14H12BrFN2O2. The Kier molecular flexibility index (Phi) is 4.68. The summed E-state index contributed by atoms with van der Waals surface area (Å²) < 4.78 is 19.0. The lowest BCUT2D eigenvalue weighted by Crippen LogP contribution is -2.06. The second-order valence-corrected chi connectivity index (χ2v) is 4.80. The van der Waals surface area contributed by atoms with E-state index in [1.807, 2.05) is 18.2 Å². The molecule has 6 heteroatoms. The number of halogens is 2. The minimum atomic E-state index is -0.506. The van der Waals surface area contributed by atoms with Crippen molar-refractivity contribution in [2.75, 3.05) is 12.4 Å². The van der Waals surface area contributed by atoms with Crippen LogP contribution in [0.1, 0.15) is 16.1 Å². The highest BCUT2D eigenvalue weighted by Crippen LogP contribution is 2.18. The molecule has 1 aromatic heterocycles. The van der Waals surface area contributed by atoms with Gasteiger partial charge in [0.15, 0.2) is 0 Å². The first-order chi connectivity index (χ1) is 9.60. The molecule has 0 saturated heterocycles. The predicted molar refractivity (Wildman–Crippen MR) is 77.0 cm³/mol. The number of hydrogen-bond donors (Lipinski definition) is 1. The van der Waals surface area contributed by atoms with E-state index in [0.717, 1.165) is 5.69 Å². The summed E-state index contributed by atoms with van der Waals surface area (Å²) in [5.41, 5.74) is 1.27. The molecule has 0 radical (unpaired) electrons. The third kappa shape index (κ3) is 3.54. The third-order valence-corrected chi connectivity index (χ3v) is 3.06. The molecule has 2 rings (SSSR count). The number of carbonyl (C=O) groups excluding carboxylic acids is 1. The Morgan fingerprint density at radius 3 is 2.90 bits per heavy atom. The Hall–Kier alpha value is -1.95. The van der Waals surface area contributed by atoms with E-state index in [4.69, 9.17) is 0 Å². The molecule has 0 spiro atoms. The van der Waals surface area contributed by atoms with Crippen molar-refractivity contribution in [1.82, 2.24) is 4.98 Å². The van der Waals surface area contributed by atoms with E-state index in [1.54, 1.807) is 0 Å². The number of benzene rings is 1. The SMILES string of the molecule is COC(=O)c1ccc(F)c(NCc2cccc(Br)n2)c1. The van der Waals surface area contributed by atoms with Gasteiger partial charge < -0.3 is 10.1 Å². The van der Waals surface area contributed by atoms with Gasteiger partial charge in [-0.15, -0.1) is 0 Å². The highest BCUT2D eigenvalue weighted by atomic mass is 79.9. The highest BCUT2D eigenvalue weighted by molar-refractivity contribution is 9.10. The topological polar surface area (TPSA) is 51.2 Å². The van der Waals surface area contributed by atoms with Crippen molar-refractivity contribution in [1.29, 1.82) is 0 Å². The quantitative estimate of drug-likeness (QED) is 0.685. The lowest BCUT2D eigenvalue weighted by Gasteiger charge is -2.09. The molecule has 1 aromatic carbocycles. The van der Waals surface area contributed by atoms with E-state index in [9.17, 15) is 9.18 Å². The van der Waals surface area contributed by atoms with Crippen molar-refractivity contribution in [3.63, 3.8) is 0 Å². The number of carbonyl (C=O) groups is 1. The van der Waals surface area contributed by atoms with Gasteiger partial charge in [0.05, 0.1) is 30.6 Å². The number of rotatable bonds is 4. The van der Waals surface area contributed by atoms with Crippen molar-refractivity contribution in [2.45, 2.75) is 6.54 Å². The number of ether oxygens (including phenoxy) is 1. The van der Waals surface area contributed by atoms with Crippen LogP contribution in [0.4, 0.5) is 10.1 Å². The third-order valence-electron chi connectivity index (χ3n) is 2.62. The van der Waals surface area contributed by atoms with E-state index in [0.29, 0.717) is 16.7 Å². The van der Waals surface area contributed by atoms with Crippen LogP contribution in [0.25, 0.3) is 0 Å². The molecule has 0 aliphatic carbocycles. The van der Waals surface area contributed by atoms with Crippen LogP contribution in [0.3, 0.4) is 0 Å². The number of nitrogens with zero attached hydrogens (tertiary/aromatic N) is 1. The fourth-order valence-electron chi connectivity index (χ4n) is 1.64.